The zero-order chi connectivity index (χ0) is 17.3. The monoisotopic (exact) mass is 315 g/mol. The van der Waals surface area contributed by atoms with Crippen LogP contribution >= 0.6 is 0 Å². The van der Waals surface area contributed by atoms with Crippen LogP contribution in [0.3, 0.4) is 0 Å². The molecule has 8 heteroatoms. The van der Waals surface area contributed by atoms with Gasteiger partial charge in [0.1, 0.15) is 40.9 Å². The molecule has 0 aliphatic rings. The fourth-order valence-electron chi connectivity index (χ4n) is 2.42. The number of fused-ring (bicyclic) bond motifs is 1. The van der Waals surface area contributed by atoms with Gasteiger partial charge in [-0.05, 0) is 12.1 Å². The van der Waals surface area contributed by atoms with Crippen LogP contribution in [0.4, 0.5) is 5.82 Å². The van der Waals surface area contributed by atoms with Crippen LogP contribution in [0.15, 0.2) is 24.3 Å². The summed E-state index contributed by atoms with van der Waals surface area (Å²) in [7, 11) is 1.51. The molecule has 2 N–H and O–H groups in total. The molecule has 3 aromatic rings. The second-order valence-corrected chi connectivity index (χ2v) is 4.70. The summed E-state index contributed by atoms with van der Waals surface area (Å²) in [6, 6.07) is 12.6. The number of aromatic nitrogens is 3. The summed E-state index contributed by atoms with van der Waals surface area (Å²) in [6.45, 7) is 0. The minimum Gasteiger partial charge on any atom is -0.495 e. The van der Waals surface area contributed by atoms with Crippen molar-refractivity contribution in [2.45, 2.75) is 0 Å². The molecule has 0 saturated carbocycles. The number of methoxy groups -OCH3 is 1. The molecule has 24 heavy (non-hydrogen) atoms. The van der Waals surface area contributed by atoms with Crippen LogP contribution in [-0.2, 0) is 0 Å². The molecule has 2 aromatic heterocycles. The van der Waals surface area contributed by atoms with Gasteiger partial charge in [-0.1, -0.05) is 12.1 Å². The van der Waals surface area contributed by atoms with Crippen LogP contribution in [0.2, 0.25) is 0 Å². The fourth-order valence-corrected chi connectivity index (χ4v) is 2.42. The van der Waals surface area contributed by atoms with Gasteiger partial charge in [-0.2, -0.15) is 15.8 Å². The summed E-state index contributed by atoms with van der Waals surface area (Å²) in [5, 5.41) is 27.7. The van der Waals surface area contributed by atoms with Gasteiger partial charge in [0.05, 0.1) is 12.8 Å². The molecular formula is C16H9N7O. The third kappa shape index (κ3) is 1.98. The number of nitrogens with two attached hydrogens (primary N) is 1. The number of rotatable bonds is 2. The third-order valence-electron chi connectivity index (χ3n) is 3.47. The smallest absolute Gasteiger partial charge is 0.179 e. The van der Waals surface area contributed by atoms with Crippen LogP contribution in [0.25, 0.3) is 16.9 Å². The number of nitrogen functional groups attached to an aromatic ring is 1. The zero-order valence-electron chi connectivity index (χ0n) is 12.5. The number of nitrogens with zero attached hydrogens (tertiary/aromatic N) is 6. The Balaban J connectivity index is 2.50. The van der Waals surface area contributed by atoms with Crippen molar-refractivity contribution in [2.75, 3.05) is 12.8 Å². The van der Waals surface area contributed by atoms with Gasteiger partial charge in [-0.25, -0.2) is 9.97 Å². The first-order valence-electron chi connectivity index (χ1n) is 6.71. The average molecular weight is 315 g/mol. The lowest BCUT2D eigenvalue weighted by atomic mass is 10.3. The molecular weight excluding hydrogens is 306 g/mol. The summed E-state index contributed by atoms with van der Waals surface area (Å²) < 4.78 is 6.81. The van der Waals surface area contributed by atoms with Gasteiger partial charge in [-0.3, -0.25) is 4.57 Å². The Kier molecular flexibility index (Phi) is 3.46. The Bertz CT molecular complexity index is 1090. The van der Waals surface area contributed by atoms with Gasteiger partial charge in [-0.15, -0.1) is 0 Å². The molecule has 0 fully saturated rings. The molecule has 2 heterocycles. The van der Waals surface area contributed by atoms with E-state index in [0.29, 0.717) is 11.4 Å². The summed E-state index contributed by atoms with van der Waals surface area (Å²) in [5.74, 6) is 0.617. The number of hydrogen-bond acceptors (Lipinski definition) is 7. The second kappa shape index (κ2) is 5.60. The molecule has 0 radical (unpaired) electrons. The van der Waals surface area contributed by atoms with Crippen LogP contribution in [0, 0.1) is 34.0 Å². The normalized spacial score (nSPS) is 9.92. The van der Waals surface area contributed by atoms with Crippen LogP contribution in [-0.4, -0.2) is 21.6 Å². The van der Waals surface area contributed by atoms with Crippen LogP contribution < -0.4 is 10.5 Å². The van der Waals surface area contributed by atoms with Gasteiger partial charge in [0, 0.05) is 0 Å². The SMILES string of the molecule is COc1ccccc1-n1c(N)c(C#N)c2nc(C#N)c(C#N)nc21. The molecule has 114 valence electrons. The van der Waals surface area contributed by atoms with Gasteiger partial charge >= 0.3 is 0 Å². The molecule has 0 amide bonds. The summed E-state index contributed by atoms with van der Waals surface area (Å²) in [6.07, 6.45) is 0. The largest absolute Gasteiger partial charge is 0.495 e. The lowest BCUT2D eigenvalue weighted by Crippen LogP contribution is -2.04. The first-order valence-corrected chi connectivity index (χ1v) is 6.71. The van der Waals surface area contributed by atoms with Crippen molar-refractivity contribution < 1.29 is 4.74 Å². The van der Waals surface area contributed by atoms with Crippen molar-refractivity contribution in [1.82, 2.24) is 14.5 Å². The van der Waals surface area contributed by atoms with Crippen molar-refractivity contribution in [2.24, 2.45) is 0 Å². The highest BCUT2D eigenvalue weighted by Crippen LogP contribution is 2.33. The lowest BCUT2D eigenvalue weighted by Gasteiger charge is -2.11. The molecule has 0 unspecified atom stereocenters. The average Bonchev–Trinajstić information content (AvgIpc) is 2.90. The van der Waals surface area contributed by atoms with E-state index in [0.717, 1.165) is 0 Å². The highest BCUT2D eigenvalue weighted by molar-refractivity contribution is 5.89. The van der Waals surface area contributed by atoms with Crippen LogP contribution in [0.5, 0.6) is 5.75 Å². The molecule has 0 spiro atoms. The summed E-state index contributed by atoms with van der Waals surface area (Å²) >= 11 is 0. The van der Waals surface area contributed by atoms with Gasteiger partial charge in [0.2, 0.25) is 0 Å². The minimum absolute atomic E-state index is 0.0874. The molecule has 0 aliphatic carbocycles. The maximum absolute atomic E-state index is 9.40. The van der Waals surface area contributed by atoms with Crippen molar-refractivity contribution in [1.29, 1.82) is 15.8 Å². The van der Waals surface area contributed by atoms with E-state index in [2.05, 4.69) is 9.97 Å². The van der Waals surface area contributed by atoms with E-state index >= 15 is 0 Å². The highest BCUT2D eigenvalue weighted by atomic mass is 16.5. The predicted octanol–water partition coefficient (Wildman–Crippen LogP) is 1.63. The predicted molar refractivity (Wildman–Crippen MR) is 84.0 cm³/mol. The Morgan fingerprint density at radius 3 is 2.33 bits per heavy atom. The molecule has 0 saturated heterocycles. The van der Waals surface area contributed by atoms with Crippen molar-refractivity contribution >= 4 is 17.0 Å². The molecule has 0 atom stereocenters. The van der Waals surface area contributed by atoms with E-state index in [4.69, 9.17) is 15.7 Å². The van der Waals surface area contributed by atoms with Crippen molar-refractivity contribution in [3.8, 4) is 29.6 Å². The number of nitriles is 3. The molecule has 3 rings (SSSR count). The maximum atomic E-state index is 9.40. The molecule has 0 aliphatic heterocycles. The number of ether oxygens (including phenoxy) is 1. The number of anilines is 1. The number of hydrogen-bond donors (Lipinski definition) is 1. The Morgan fingerprint density at radius 2 is 1.71 bits per heavy atom. The van der Waals surface area contributed by atoms with Gasteiger partial charge < -0.3 is 10.5 Å². The topological polar surface area (TPSA) is 137 Å². The minimum atomic E-state index is -0.154. The van der Waals surface area contributed by atoms with E-state index in [9.17, 15) is 10.5 Å². The van der Waals surface area contributed by atoms with Crippen molar-refractivity contribution in [3.63, 3.8) is 0 Å². The number of para-hydroxylation sites is 2. The molecule has 1 aromatic carbocycles. The number of benzene rings is 1. The van der Waals surface area contributed by atoms with Crippen LogP contribution in [0.1, 0.15) is 17.0 Å². The van der Waals surface area contributed by atoms with E-state index < -0.39 is 0 Å². The summed E-state index contributed by atoms with van der Waals surface area (Å²) in [5.41, 5.74) is 6.83. The Morgan fingerprint density at radius 1 is 1.04 bits per heavy atom. The van der Waals surface area contributed by atoms with E-state index in [1.807, 2.05) is 12.1 Å². The van der Waals surface area contributed by atoms with E-state index in [1.54, 1.807) is 30.3 Å². The summed E-state index contributed by atoms with van der Waals surface area (Å²) in [4.78, 5) is 8.26. The van der Waals surface area contributed by atoms with Gasteiger partial charge in [0.25, 0.3) is 0 Å². The zero-order valence-corrected chi connectivity index (χ0v) is 12.5. The van der Waals surface area contributed by atoms with Gasteiger partial charge in [0.15, 0.2) is 17.0 Å². The maximum Gasteiger partial charge on any atom is 0.179 e. The fraction of sp³-hybridized carbons (Fsp3) is 0.0625. The first-order chi connectivity index (χ1) is 11.7. The van der Waals surface area contributed by atoms with E-state index in [-0.39, 0.29) is 33.9 Å². The first kappa shape index (κ1) is 14.8. The standard InChI is InChI=1S/C16H9N7O/c1-24-13-5-3-2-4-12(13)23-15(20)9(6-17)14-16(23)22-11(8-19)10(7-18)21-14/h2-5H,20H2,1H3. The Labute approximate surface area is 136 Å². The quantitative estimate of drug-likeness (QED) is 0.758. The highest BCUT2D eigenvalue weighted by Gasteiger charge is 2.23. The Hall–Kier alpha value is -4.09. The third-order valence-corrected chi connectivity index (χ3v) is 3.47. The molecule has 8 nitrogen and oxygen atoms in total. The van der Waals surface area contributed by atoms with Crippen molar-refractivity contribution in [3.05, 3.63) is 41.2 Å². The second-order valence-electron chi connectivity index (χ2n) is 4.70. The van der Waals surface area contributed by atoms with E-state index in [1.165, 1.54) is 11.7 Å². The molecule has 0 bridgehead atoms. The lowest BCUT2D eigenvalue weighted by molar-refractivity contribution is 0.413.